The van der Waals surface area contributed by atoms with Crippen LogP contribution in [0, 0.1) is 5.92 Å². The zero-order valence-electron chi connectivity index (χ0n) is 8.12. The Morgan fingerprint density at radius 3 is 3.07 bits per heavy atom. The van der Waals surface area contributed by atoms with Gasteiger partial charge in [-0.25, -0.2) is 0 Å². The molecule has 1 fully saturated rings. The van der Waals surface area contributed by atoms with Crippen molar-refractivity contribution >= 4 is 17.3 Å². The van der Waals surface area contributed by atoms with Crippen LogP contribution in [0.1, 0.15) is 12.0 Å². The van der Waals surface area contributed by atoms with Crippen molar-refractivity contribution in [1.82, 2.24) is 0 Å². The lowest BCUT2D eigenvalue weighted by molar-refractivity contribution is 0.403. The van der Waals surface area contributed by atoms with Gasteiger partial charge in [0, 0.05) is 24.2 Å². The molecule has 0 aromatic heterocycles. The molecule has 0 unspecified atom stereocenters. The number of anilines is 1. The van der Waals surface area contributed by atoms with Crippen LogP contribution in [-0.2, 0) is 6.42 Å². The third-order valence-corrected chi connectivity index (χ3v) is 4.03. The maximum atomic E-state index is 6.32. The summed E-state index contributed by atoms with van der Waals surface area (Å²) in [5, 5.41) is 0.389. The van der Waals surface area contributed by atoms with E-state index in [9.17, 15) is 0 Å². The van der Waals surface area contributed by atoms with Gasteiger partial charge in [0.15, 0.2) is 0 Å². The second-order valence-electron chi connectivity index (χ2n) is 4.34. The Labute approximate surface area is 89.7 Å². The Hall–Kier alpha value is -0.690. The lowest BCUT2D eigenvalue weighted by Gasteiger charge is -2.42. The van der Waals surface area contributed by atoms with Crippen LogP contribution in [0.5, 0.6) is 0 Å². The van der Waals surface area contributed by atoms with Crippen LogP contribution in [0.15, 0.2) is 24.3 Å². The zero-order chi connectivity index (χ0) is 9.54. The van der Waals surface area contributed by atoms with Crippen LogP contribution in [-0.4, -0.2) is 18.5 Å². The van der Waals surface area contributed by atoms with Crippen LogP contribution in [0.25, 0.3) is 0 Å². The van der Waals surface area contributed by atoms with Gasteiger partial charge in [0.1, 0.15) is 0 Å². The molecule has 2 atom stereocenters. The van der Waals surface area contributed by atoms with Crippen molar-refractivity contribution in [1.29, 1.82) is 0 Å². The van der Waals surface area contributed by atoms with Crippen LogP contribution in [0.4, 0.5) is 5.69 Å². The van der Waals surface area contributed by atoms with E-state index in [-0.39, 0.29) is 0 Å². The van der Waals surface area contributed by atoms with Crippen molar-refractivity contribution in [3.8, 4) is 0 Å². The Bertz CT molecular complexity index is 350. The van der Waals surface area contributed by atoms with Gasteiger partial charge in [0.25, 0.3) is 0 Å². The standard InChI is InChI=1S/C12H14ClN/c13-11-5-6-14-8-10(11)7-9-3-1-2-4-12(9)14/h1-4,10-11H,5-8H2/t10-,11-/m1/s1. The molecular weight excluding hydrogens is 194 g/mol. The third-order valence-electron chi connectivity index (χ3n) is 3.46. The number of rotatable bonds is 0. The number of halogens is 1. The highest BCUT2D eigenvalue weighted by atomic mass is 35.5. The molecule has 0 aliphatic carbocycles. The van der Waals surface area contributed by atoms with E-state index >= 15 is 0 Å². The number of hydrogen-bond donors (Lipinski definition) is 0. The largest absolute Gasteiger partial charge is 0.371 e. The maximum absolute atomic E-state index is 6.32. The molecule has 3 rings (SSSR count). The molecule has 0 saturated carbocycles. The van der Waals surface area contributed by atoms with Crippen LogP contribution in [0.2, 0.25) is 0 Å². The number of piperidine rings is 1. The van der Waals surface area contributed by atoms with Crippen molar-refractivity contribution in [2.45, 2.75) is 18.2 Å². The van der Waals surface area contributed by atoms with Crippen LogP contribution >= 0.6 is 11.6 Å². The summed E-state index contributed by atoms with van der Waals surface area (Å²) in [6.45, 7) is 2.28. The minimum Gasteiger partial charge on any atom is -0.371 e. The number of para-hydroxylation sites is 1. The predicted molar refractivity (Wildman–Crippen MR) is 60.1 cm³/mol. The van der Waals surface area contributed by atoms with Gasteiger partial charge < -0.3 is 4.90 Å². The van der Waals surface area contributed by atoms with E-state index in [0.29, 0.717) is 11.3 Å². The molecule has 1 aromatic rings. The van der Waals surface area contributed by atoms with Gasteiger partial charge in [-0.05, 0) is 30.4 Å². The highest BCUT2D eigenvalue weighted by Gasteiger charge is 2.32. The molecular formula is C12H14ClN. The Balaban J connectivity index is 2.02. The highest BCUT2D eigenvalue weighted by molar-refractivity contribution is 6.21. The van der Waals surface area contributed by atoms with Crippen molar-refractivity contribution in [2.75, 3.05) is 18.0 Å². The third kappa shape index (κ3) is 1.23. The van der Waals surface area contributed by atoms with E-state index in [0.717, 1.165) is 19.5 Å². The molecule has 74 valence electrons. The quantitative estimate of drug-likeness (QED) is 0.592. The van der Waals surface area contributed by atoms with Crippen LogP contribution in [0.3, 0.4) is 0 Å². The fourth-order valence-corrected chi connectivity index (χ4v) is 2.96. The number of hydrogen-bond acceptors (Lipinski definition) is 1. The topological polar surface area (TPSA) is 3.24 Å². The first-order chi connectivity index (χ1) is 6.84. The second-order valence-corrected chi connectivity index (χ2v) is 4.90. The predicted octanol–water partition coefficient (Wildman–Crippen LogP) is 2.68. The summed E-state index contributed by atoms with van der Waals surface area (Å²) in [4.78, 5) is 2.49. The van der Waals surface area contributed by atoms with Gasteiger partial charge in [-0.1, -0.05) is 18.2 Å². The van der Waals surface area contributed by atoms with E-state index in [1.807, 2.05) is 0 Å². The molecule has 1 nitrogen and oxygen atoms in total. The monoisotopic (exact) mass is 207 g/mol. The average Bonchev–Trinajstić information content (AvgIpc) is 2.24. The first kappa shape index (κ1) is 8.60. The molecule has 2 heterocycles. The fourth-order valence-electron chi connectivity index (χ4n) is 2.69. The summed E-state index contributed by atoms with van der Waals surface area (Å²) >= 11 is 6.32. The SMILES string of the molecule is Cl[C@@H]1CCN2C[C@H]1Cc1ccccc12. The molecule has 2 aliphatic heterocycles. The van der Waals surface area contributed by atoms with Crippen molar-refractivity contribution in [3.05, 3.63) is 29.8 Å². The number of alkyl halides is 1. The van der Waals surface area contributed by atoms with Gasteiger partial charge in [-0.3, -0.25) is 0 Å². The smallest absolute Gasteiger partial charge is 0.0401 e. The van der Waals surface area contributed by atoms with Gasteiger partial charge in [-0.2, -0.15) is 0 Å². The van der Waals surface area contributed by atoms with Crippen molar-refractivity contribution in [3.63, 3.8) is 0 Å². The lowest BCUT2D eigenvalue weighted by atomic mass is 9.85. The van der Waals surface area contributed by atoms with E-state index < -0.39 is 0 Å². The molecule has 2 heteroatoms. The maximum Gasteiger partial charge on any atom is 0.0401 e. The molecule has 0 N–H and O–H groups in total. The fraction of sp³-hybridized carbons (Fsp3) is 0.500. The second kappa shape index (κ2) is 3.16. The van der Waals surface area contributed by atoms with E-state index in [1.54, 1.807) is 0 Å². The van der Waals surface area contributed by atoms with E-state index in [1.165, 1.54) is 17.7 Å². The summed E-state index contributed by atoms with van der Waals surface area (Å²) in [6, 6.07) is 8.74. The molecule has 0 amide bonds. The Morgan fingerprint density at radius 1 is 1.29 bits per heavy atom. The summed E-state index contributed by atoms with van der Waals surface area (Å²) in [7, 11) is 0. The molecule has 14 heavy (non-hydrogen) atoms. The molecule has 2 aliphatic rings. The van der Waals surface area contributed by atoms with Crippen LogP contribution < -0.4 is 4.90 Å². The first-order valence-corrected chi connectivity index (χ1v) is 5.75. The molecule has 0 radical (unpaired) electrons. The summed E-state index contributed by atoms with van der Waals surface area (Å²) < 4.78 is 0. The van der Waals surface area contributed by atoms with E-state index in [2.05, 4.69) is 29.2 Å². The molecule has 0 spiro atoms. The Morgan fingerprint density at radius 2 is 2.14 bits per heavy atom. The van der Waals surface area contributed by atoms with Gasteiger partial charge >= 0.3 is 0 Å². The number of fused-ring (bicyclic) bond motifs is 4. The molecule has 1 aromatic carbocycles. The van der Waals surface area contributed by atoms with Crippen molar-refractivity contribution in [2.24, 2.45) is 5.92 Å². The molecule has 1 saturated heterocycles. The van der Waals surface area contributed by atoms with E-state index in [4.69, 9.17) is 11.6 Å². The lowest BCUT2D eigenvalue weighted by Crippen LogP contribution is -2.45. The van der Waals surface area contributed by atoms with Gasteiger partial charge in [0.2, 0.25) is 0 Å². The zero-order valence-corrected chi connectivity index (χ0v) is 8.87. The molecule has 2 bridgehead atoms. The minimum atomic E-state index is 0.389. The van der Waals surface area contributed by atoms with Gasteiger partial charge in [-0.15, -0.1) is 11.6 Å². The summed E-state index contributed by atoms with van der Waals surface area (Å²) in [5.41, 5.74) is 2.92. The summed E-state index contributed by atoms with van der Waals surface area (Å²) in [6.07, 6.45) is 2.31. The first-order valence-electron chi connectivity index (χ1n) is 5.31. The Kier molecular flexibility index (Phi) is 1.94. The van der Waals surface area contributed by atoms with Gasteiger partial charge in [0.05, 0.1) is 0 Å². The number of benzene rings is 1. The van der Waals surface area contributed by atoms with Crippen molar-refractivity contribution < 1.29 is 0 Å². The average molecular weight is 208 g/mol. The summed E-state index contributed by atoms with van der Waals surface area (Å²) in [5.74, 6) is 0.667. The normalized spacial score (nSPS) is 29.9. The number of nitrogens with zero attached hydrogens (tertiary/aromatic N) is 1. The minimum absolute atomic E-state index is 0.389. The highest BCUT2D eigenvalue weighted by Crippen LogP contribution is 2.36.